The summed E-state index contributed by atoms with van der Waals surface area (Å²) in [6, 6.07) is 16.4. The van der Waals surface area contributed by atoms with Crippen molar-refractivity contribution < 1.29 is 9.50 Å². The second-order valence-corrected chi connectivity index (χ2v) is 5.04. The summed E-state index contributed by atoms with van der Waals surface area (Å²) in [4.78, 5) is 8.31. The summed E-state index contributed by atoms with van der Waals surface area (Å²) in [6.45, 7) is 0. The molecular formula is C18H13FN4O. The number of rotatable bonds is 4. The molecule has 1 heterocycles. The standard InChI is InChI=1S/C18H13FN4O/c19-15-4-2-1-3-14(15)17(24)16-9-10-21-18(23-16)22-13-7-5-12(11-20)6-8-13/h1-10,17,24H,(H,21,22,23). The Hall–Kier alpha value is -3.30. The molecule has 0 amide bonds. The van der Waals surface area contributed by atoms with Crippen LogP contribution in [0.2, 0.25) is 0 Å². The third kappa shape index (κ3) is 3.37. The van der Waals surface area contributed by atoms with Crippen LogP contribution < -0.4 is 5.32 Å². The van der Waals surface area contributed by atoms with Crippen LogP contribution in [0, 0.1) is 17.1 Å². The molecule has 0 aliphatic heterocycles. The van der Waals surface area contributed by atoms with Gasteiger partial charge in [-0.2, -0.15) is 5.26 Å². The van der Waals surface area contributed by atoms with Crippen molar-refractivity contribution in [1.29, 1.82) is 5.26 Å². The molecule has 24 heavy (non-hydrogen) atoms. The molecule has 0 fully saturated rings. The lowest BCUT2D eigenvalue weighted by Gasteiger charge is -2.12. The van der Waals surface area contributed by atoms with Crippen molar-refractivity contribution in [3.05, 3.63) is 83.4 Å². The molecule has 1 atom stereocenters. The summed E-state index contributed by atoms with van der Waals surface area (Å²) in [5.74, 6) is -0.224. The van der Waals surface area contributed by atoms with Crippen molar-refractivity contribution >= 4 is 11.6 Å². The van der Waals surface area contributed by atoms with E-state index in [1.165, 1.54) is 24.4 Å². The minimum Gasteiger partial charge on any atom is -0.382 e. The number of benzene rings is 2. The highest BCUT2D eigenvalue weighted by Crippen LogP contribution is 2.23. The van der Waals surface area contributed by atoms with E-state index in [1.54, 1.807) is 36.4 Å². The molecule has 0 spiro atoms. The molecule has 0 saturated heterocycles. The lowest BCUT2D eigenvalue weighted by molar-refractivity contribution is 0.210. The van der Waals surface area contributed by atoms with Gasteiger partial charge in [0.1, 0.15) is 11.9 Å². The van der Waals surface area contributed by atoms with Gasteiger partial charge in [0.15, 0.2) is 0 Å². The summed E-state index contributed by atoms with van der Waals surface area (Å²) >= 11 is 0. The third-order valence-electron chi connectivity index (χ3n) is 3.43. The van der Waals surface area contributed by atoms with E-state index < -0.39 is 11.9 Å². The van der Waals surface area contributed by atoms with Crippen molar-refractivity contribution in [2.45, 2.75) is 6.10 Å². The maximum atomic E-state index is 13.8. The Morgan fingerprint density at radius 2 is 1.83 bits per heavy atom. The molecule has 2 N–H and O–H groups in total. The van der Waals surface area contributed by atoms with Crippen LogP contribution in [-0.4, -0.2) is 15.1 Å². The van der Waals surface area contributed by atoms with Crippen molar-refractivity contribution in [1.82, 2.24) is 9.97 Å². The lowest BCUT2D eigenvalue weighted by atomic mass is 10.1. The fraction of sp³-hybridized carbons (Fsp3) is 0.0556. The molecule has 3 aromatic rings. The molecule has 0 radical (unpaired) electrons. The number of aromatic nitrogens is 2. The van der Waals surface area contributed by atoms with Crippen LogP contribution in [0.15, 0.2) is 60.8 Å². The molecule has 3 rings (SSSR count). The molecular weight excluding hydrogens is 307 g/mol. The summed E-state index contributed by atoms with van der Waals surface area (Å²) in [5, 5.41) is 22.1. The van der Waals surface area contributed by atoms with E-state index in [1.807, 2.05) is 6.07 Å². The van der Waals surface area contributed by atoms with E-state index in [0.717, 1.165) is 0 Å². The average molecular weight is 320 g/mol. The highest BCUT2D eigenvalue weighted by atomic mass is 19.1. The van der Waals surface area contributed by atoms with Gasteiger partial charge in [0.05, 0.1) is 17.3 Å². The zero-order valence-corrected chi connectivity index (χ0v) is 12.5. The van der Waals surface area contributed by atoms with Crippen molar-refractivity contribution in [2.24, 2.45) is 0 Å². The smallest absolute Gasteiger partial charge is 0.227 e. The van der Waals surface area contributed by atoms with E-state index in [-0.39, 0.29) is 17.2 Å². The summed E-state index contributed by atoms with van der Waals surface area (Å²) < 4.78 is 13.8. The van der Waals surface area contributed by atoms with Gasteiger partial charge in [-0.25, -0.2) is 14.4 Å². The molecule has 0 saturated carbocycles. The van der Waals surface area contributed by atoms with Crippen molar-refractivity contribution in [3.8, 4) is 6.07 Å². The molecule has 0 bridgehead atoms. The van der Waals surface area contributed by atoms with Gasteiger partial charge in [0.2, 0.25) is 5.95 Å². The number of halogens is 1. The van der Waals surface area contributed by atoms with Crippen molar-refractivity contribution in [2.75, 3.05) is 5.32 Å². The summed E-state index contributed by atoms with van der Waals surface area (Å²) in [6.07, 6.45) is 0.300. The third-order valence-corrected chi connectivity index (χ3v) is 3.43. The van der Waals surface area contributed by atoms with Gasteiger partial charge in [-0.05, 0) is 36.4 Å². The molecule has 2 aromatic carbocycles. The van der Waals surface area contributed by atoms with Crippen LogP contribution in [0.4, 0.5) is 16.0 Å². The first kappa shape index (κ1) is 15.6. The number of anilines is 2. The minimum absolute atomic E-state index is 0.153. The maximum Gasteiger partial charge on any atom is 0.227 e. The molecule has 5 nitrogen and oxygen atoms in total. The average Bonchev–Trinajstić information content (AvgIpc) is 2.62. The van der Waals surface area contributed by atoms with E-state index in [0.29, 0.717) is 11.3 Å². The largest absolute Gasteiger partial charge is 0.382 e. The number of nitrogens with one attached hydrogen (secondary N) is 1. The van der Waals surface area contributed by atoms with Crippen LogP contribution in [-0.2, 0) is 0 Å². The van der Waals surface area contributed by atoms with Crippen LogP contribution in [0.3, 0.4) is 0 Å². The molecule has 1 aromatic heterocycles. The van der Waals surface area contributed by atoms with Crippen LogP contribution in [0.25, 0.3) is 0 Å². The van der Waals surface area contributed by atoms with E-state index >= 15 is 0 Å². The normalized spacial score (nSPS) is 11.5. The van der Waals surface area contributed by atoms with Crippen molar-refractivity contribution in [3.63, 3.8) is 0 Å². The zero-order chi connectivity index (χ0) is 16.9. The number of aliphatic hydroxyl groups excluding tert-OH is 1. The zero-order valence-electron chi connectivity index (χ0n) is 12.5. The first-order valence-corrected chi connectivity index (χ1v) is 7.20. The highest BCUT2D eigenvalue weighted by molar-refractivity contribution is 5.54. The van der Waals surface area contributed by atoms with E-state index in [2.05, 4.69) is 15.3 Å². The van der Waals surface area contributed by atoms with Gasteiger partial charge < -0.3 is 10.4 Å². The summed E-state index contributed by atoms with van der Waals surface area (Å²) in [5.41, 5.74) is 1.68. The Bertz CT molecular complexity index is 890. The Morgan fingerprint density at radius 1 is 1.08 bits per heavy atom. The minimum atomic E-state index is -1.18. The number of nitriles is 1. The van der Waals surface area contributed by atoms with Crippen LogP contribution in [0.5, 0.6) is 0 Å². The van der Waals surface area contributed by atoms with Gasteiger partial charge in [0, 0.05) is 17.4 Å². The van der Waals surface area contributed by atoms with Gasteiger partial charge in [-0.1, -0.05) is 18.2 Å². The molecule has 0 aliphatic rings. The summed E-state index contributed by atoms with van der Waals surface area (Å²) in [7, 11) is 0. The van der Waals surface area contributed by atoms with E-state index in [4.69, 9.17) is 5.26 Å². The number of nitrogens with zero attached hydrogens (tertiary/aromatic N) is 3. The Morgan fingerprint density at radius 3 is 2.54 bits per heavy atom. The monoisotopic (exact) mass is 320 g/mol. The number of hydrogen-bond donors (Lipinski definition) is 2. The second kappa shape index (κ2) is 6.86. The lowest BCUT2D eigenvalue weighted by Crippen LogP contribution is -2.07. The molecule has 0 aliphatic carbocycles. The van der Waals surface area contributed by atoms with Gasteiger partial charge in [-0.15, -0.1) is 0 Å². The Kier molecular flexibility index (Phi) is 4.45. The Labute approximate surface area is 138 Å². The second-order valence-electron chi connectivity index (χ2n) is 5.04. The quantitative estimate of drug-likeness (QED) is 0.770. The van der Waals surface area contributed by atoms with E-state index in [9.17, 15) is 9.50 Å². The molecule has 118 valence electrons. The Balaban J connectivity index is 1.83. The number of hydrogen-bond acceptors (Lipinski definition) is 5. The molecule has 6 heteroatoms. The van der Waals surface area contributed by atoms with Gasteiger partial charge >= 0.3 is 0 Å². The first-order valence-electron chi connectivity index (χ1n) is 7.20. The SMILES string of the molecule is N#Cc1ccc(Nc2nccc(C(O)c3ccccc3F)n2)cc1. The van der Waals surface area contributed by atoms with Gasteiger partial charge in [-0.3, -0.25) is 0 Å². The fourth-order valence-corrected chi connectivity index (χ4v) is 2.20. The van der Waals surface area contributed by atoms with Gasteiger partial charge in [0.25, 0.3) is 0 Å². The topological polar surface area (TPSA) is 81.8 Å². The van der Waals surface area contributed by atoms with Crippen LogP contribution >= 0.6 is 0 Å². The van der Waals surface area contributed by atoms with Crippen LogP contribution in [0.1, 0.15) is 22.9 Å². The predicted molar refractivity (Wildman–Crippen MR) is 86.9 cm³/mol. The highest BCUT2D eigenvalue weighted by Gasteiger charge is 2.16. The molecule has 1 unspecified atom stereocenters. The predicted octanol–water partition coefficient (Wildman–Crippen LogP) is 3.31. The fourth-order valence-electron chi connectivity index (χ4n) is 2.20. The maximum absolute atomic E-state index is 13.8. The number of aliphatic hydroxyl groups is 1. The first-order chi connectivity index (χ1) is 11.7.